The van der Waals surface area contributed by atoms with Crippen LogP contribution in [0.15, 0.2) is 30.3 Å². The van der Waals surface area contributed by atoms with Crippen molar-refractivity contribution in [1.82, 2.24) is 0 Å². The third-order valence-electron chi connectivity index (χ3n) is 7.04. The van der Waals surface area contributed by atoms with Crippen LogP contribution in [-0.2, 0) is 15.9 Å². The summed E-state index contributed by atoms with van der Waals surface area (Å²) in [5, 5.41) is 16.0. The number of fused-ring (bicyclic) bond motifs is 1. The van der Waals surface area contributed by atoms with Crippen LogP contribution in [-0.4, -0.2) is 64.9 Å². The number of thiophene rings is 1. The van der Waals surface area contributed by atoms with Gasteiger partial charge in [-0.2, -0.15) is 18.4 Å². The summed E-state index contributed by atoms with van der Waals surface area (Å²) in [5.41, 5.74) is 1.57. The molecule has 5 rings (SSSR count). The average molecular weight is 603 g/mol. The Morgan fingerprint density at radius 1 is 1.07 bits per heavy atom. The predicted octanol–water partition coefficient (Wildman–Crippen LogP) is 5.94. The van der Waals surface area contributed by atoms with Crippen molar-refractivity contribution in [2.24, 2.45) is 0 Å². The molecule has 222 valence electrons. The summed E-state index contributed by atoms with van der Waals surface area (Å²) in [5.74, 6) is 5.62. The number of nitriles is 1. The van der Waals surface area contributed by atoms with E-state index in [-0.39, 0.29) is 30.5 Å². The van der Waals surface area contributed by atoms with Crippen molar-refractivity contribution < 1.29 is 31.8 Å². The van der Waals surface area contributed by atoms with Gasteiger partial charge in [0.15, 0.2) is 6.61 Å². The molecule has 7 nitrogen and oxygen atoms in total. The molecular weight excluding hydrogens is 572 g/mol. The second-order valence-electron chi connectivity index (χ2n) is 9.92. The molecule has 0 amide bonds. The maximum absolute atomic E-state index is 15.0. The van der Waals surface area contributed by atoms with Gasteiger partial charge in [0, 0.05) is 44.5 Å². The van der Waals surface area contributed by atoms with Crippen LogP contribution >= 0.6 is 11.3 Å². The lowest BCUT2D eigenvalue weighted by Gasteiger charge is -2.29. The quantitative estimate of drug-likeness (QED) is 0.244. The van der Waals surface area contributed by atoms with Crippen molar-refractivity contribution >= 4 is 38.5 Å². The predicted molar refractivity (Wildman–Crippen MR) is 155 cm³/mol. The summed E-state index contributed by atoms with van der Waals surface area (Å²) < 4.78 is 72.9. The van der Waals surface area contributed by atoms with E-state index in [4.69, 9.17) is 19.5 Å². The third-order valence-corrected chi connectivity index (χ3v) is 8.24. The van der Waals surface area contributed by atoms with E-state index in [1.807, 2.05) is 17.0 Å². The van der Waals surface area contributed by atoms with Gasteiger partial charge in [0.1, 0.15) is 17.6 Å². The Kier molecular flexibility index (Phi) is 9.58. The monoisotopic (exact) mass is 602 g/mol. The lowest BCUT2D eigenvalue weighted by Crippen LogP contribution is -2.36. The summed E-state index contributed by atoms with van der Waals surface area (Å²) in [4.78, 5) is 2.18. The lowest BCUT2D eigenvalue weighted by molar-refractivity contribution is -0.126. The van der Waals surface area contributed by atoms with E-state index in [2.05, 4.69) is 22.5 Å². The summed E-state index contributed by atoms with van der Waals surface area (Å²) in [6.45, 7) is 3.07. The standard InChI is InChI=1S/C30H30F4N4O3S/c31-23-17-25(27(41-14-8-35)18-26(23)38-10-15-40-16-11-38)36-9-2-5-28-22(19-30(32,33)34)21-3-1-4-24(29(21)42-28)37-20-6-12-39-13-7-20/h1,3-4,17-18,20,36-37H,6-7,9-16,19H2. The topological polar surface area (TPSA) is 78.8 Å². The number of anilines is 3. The molecule has 42 heavy (non-hydrogen) atoms. The van der Waals surface area contributed by atoms with E-state index in [9.17, 15) is 13.2 Å². The van der Waals surface area contributed by atoms with Crippen molar-refractivity contribution in [3.8, 4) is 23.7 Å². The minimum atomic E-state index is -4.40. The minimum Gasteiger partial charge on any atom is -0.477 e. The van der Waals surface area contributed by atoms with Crippen LogP contribution in [0.2, 0.25) is 0 Å². The molecular formula is C30H30F4N4O3S. The number of hydrogen-bond acceptors (Lipinski definition) is 8. The first-order chi connectivity index (χ1) is 20.3. The zero-order valence-corrected chi connectivity index (χ0v) is 23.6. The normalized spacial score (nSPS) is 16.0. The van der Waals surface area contributed by atoms with Gasteiger partial charge in [-0.3, -0.25) is 0 Å². The van der Waals surface area contributed by atoms with Gasteiger partial charge >= 0.3 is 6.18 Å². The third kappa shape index (κ3) is 7.37. The van der Waals surface area contributed by atoms with Crippen molar-refractivity contribution in [1.29, 1.82) is 5.26 Å². The van der Waals surface area contributed by atoms with E-state index in [0.717, 1.165) is 23.2 Å². The zero-order chi connectivity index (χ0) is 29.5. The van der Waals surface area contributed by atoms with E-state index in [1.54, 1.807) is 12.1 Å². The molecule has 0 spiro atoms. The van der Waals surface area contributed by atoms with Gasteiger partial charge in [0.05, 0.1) is 52.8 Å². The number of alkyl halides is 3. The Morgan fingerprint density at radius 3 is 2.57 bits per heavy atom. The number of ether oxygens (including phenoxy) is 3. The second-order valence-corrected chi connectivity index (χ2v) is 10.9. The fourth-order valence-electron chi connectivity index (χ4n) is 5.04. The van der Waals surface area contributed by atoms with Gasteiger partial charge in [0.25, 0.3) is 0 Å². The highest BCUT2D eigenvalue weighted by molar-refractivity contribution is 7.20. The molecule has 12 heteroatoms. The number of rotatable bonds is 8. The molecule has 0 unspecified atom stereocenters. The van der Waals surface area contributed by atoms with Crippen LogP contribution in [0.5, 0.6) is 5.75 Å². The zero-order valence-electron chi connectivity index (χ0n) is 22.8. The van der Waals surface area contributed by atoms with Crippen LogP contribution < -0.4 is 20.3 Å². The number of morpholine rings is 1. The van der Waals surface area contributed by atoms with Gasteiger partial charge in [0.2, 0.25) is 0 Å². The van der Waals surface area contributed by atoms with Crippen LogP contribution in [0.3, 0.4) is 0 Å². The molecule has 3 aromatic rings. The van der Waals surface area contributed by atoms with Crippen LogP contribution in [0, 0.1) is 29.0 Å². The van der Waals surface area contributed by atoms with E-state index in [1.165, 1.54) is 23.5 Å². The van der Waals surface area contributed by atoms with Crippen LogP contribution in [0.1, 0.15) is 23.3 Å². The fourth-order valence-corrected chi connectivity index (χ4v) is 6.21. The molecule has 0 saturated carbocycles. The molecule has 2 aromatic carbocycles. The Morgan fingerprint density at radius 2 is 1.83 bits per heavy atom. The first kappa shape index (κ1) is 29.8. The smallest absolute Gasteiger partial charge is 0.393 e. The average Bonchev–Trinajstić information content (AvgIpc) is 3.32. The molecule has 0 radical (unpaired) electrons. The summed E-state index contributed by atoms with van der Waals surface area (Å²) in [6, 6.07) is 10.2. The molecule has 2 N–H and O–H groups in total. The van der Waals surface area contributed by atoms with E-state index >= 15 is 4.39 Å². The highest BCUT2D eigenvalue weighted by Crippen LogP contribution is 2.39. The van der Waals surface area contributed by atoms with Crippen molar-refractivity contribution in [3.63, 3.8) is 0 Å². The van der Waals surface area contributed by atoms with Gasteiger partial charge in [-0.25, -0.2) is 4.39 Å². The van der Waals surface area contributed by atoms with Crippen molar-refractivity contribution in [2.45, 2.75) is 31.5 Å². The lowest BCUT2D eigenvalue weighted by atomic mass is 10.1. The maximum Gasteiger partial charge on any atom is 0.393 e. The molecule has 2 aliphatic heterocycles. The second kappa shape index (κ2) is 13.5. The number of nitrogens with one attached hydrogen (secondary N) is 2. The maximum atomic E-state index is 15.0. The number of benzene rings is 2. The molecule has 2 fully saturated rings. The van der Waals surface area contributed by atoms with Gasteiger partial charge in [-0.15, -0.1) is 11.3 Å². The van der Waals surface area contributed by atoms with Crippen molar-refractivity contribution in [3.05, 3.63) is 46.6 Å². The highest BCUT2D eigenvalue weighted by Gasteiger charge is 2.31. The Hall–Kier alpha value is -3.71. The molecule has 2 saturated heterocycles. The van der Waals surface area contributed by atoms with E-state index < -0.39 is 18.4 Å². The Balaban J connectivity index is 1.39. The summed E-state index contributed by atoms with van der Waals surface area (Å²) in [6.07, 6.45) is -3.85. The molecule has 1 aromatic heterocycles. The minimum absolute atomic E-state index is 0.0200. The summed E-state index contributed by atoms with van der Waals surface area (Å²) in [7, 11) is 0. The van der Waals surface area contributed by atoms with E-state index in [0.29, 0.717) is 61.2 Å². The largest absolute Gasteiger partial charge is 0.477 e. The number of hydrogen-bond donors (Lipinski definition) is 2. The van der Waals surface area contributed by atoms with Gasteiger partial charge < -0.3 is 29.7 Å². The number of nitrogens with zero attached hydrogens (tertiary/aromatic N) is 2. The Labute approximate surface area is 245 Å². The first-order valence-corrected chi connectivity index (χ1v) is 14.5. The molecule has 2 aliphatic rings. The van der Waals surface area contributed by atoms with Gasteiger partial charge in [-0.1, -0.05) is 24.0 Å². The first-order valence-electron chi connectivity index (χ1n) is 13.7. The summed E-state index contributed by atoms with van der Waals surface area (Å²) >= 11 is 1.23. The Bertz CT molecular complexity index is 1500. The SMILES string of the molecule is N#CCOc1cc(N2CCOCC2)c(F)cc1NCC#Cc1sc2c(NC3CCOCC3)cccc2c1CC(F)(F)F. The van der Waals surface area contributed by atoms with Gasteiger partial charge in [-0.05, 0) is 29.9 Å². The molecule has 3 heterocycles. The highest BCUT2D eigenvalue weighted by atomic mass is 32.1. The van der Waals surface area contributed by atoms with Crippen LogP contribution in [0.25, 0.3) is 10.1 Å². The molecule has 0 atom stereocenters. The molecule has 0 aliphatic carbocycles. The van der Waals surface area contributed by atoms with Crippen LogP contribution in [0.4, 0.5) is 34.6 Å². The van der Waals surface area contributed by atoms with Crippen molar-refractivity contribution in [2.75, 3.05) is 68.2 Å². The number of halogens is 4. The molecule has 0 bridgehead atoms. The fraction of sp³-hybridized carbons (Fsp3) is 0.433.